The molecule has 0 saturated heterocycles. The lowest BCUT2D eigenvalue weighted by molar-refractivity contribution is 0.0924. The van der Waals surface area contributed by atoms with E-state index in [0.29, 0.717) is 23.5 Å². The monoisotopic (exact) mass is 299 g/mol. The Hall–Kier alpha value is -0.590. The first-order valence-electron chi connectivity index (χ1n) is 6.79. The van der Waals surface area contributed by atoms with Crippen molar-refractivity contribution >= 4 is 29.0 Å². The van der Waals surface area contributed by atoms with E-state index >= 15 is 0 Å². The van der Waals surface area contributed by atoms with Gasteiger partial charge in [-0.15, -0.1) is 11.3 Å². The van der Waals surface area contributed by atoms with Crippen LogP contribution in [0, 0.1) is 0 Å². The van der Waals surface area contributed by atoms with E-state index < -0.39 is 0 Å². The average Bonchev–Trinajstić information content (AvgIpc) is 2.88. The number of thiazole rings is 1. The largest absolute Gasteiger partial charge is 0.348 e. The minimum atomic E-state index is -0.0527. The molecule has 0 spiro atoms. The molecule has 2 atom stereocenters. The molecule has 0 bridgehead atoms. The smallest absolute Gasteiger partial charge is 0.270 e. The van der Waals surface area contributed by atoms with Crippen LogP contribution < -0.4 is 11.1 Å². The Balaban J connectivity index is 1.87. The second-order valence-electron chi connectivity index (χ2n) is 4.74. The van der Waals surface area contributed by atoms with Crippen molar-refractivity contribution in [2.75, 3.05) is 5.75 Å². The quantitative estimate of drug-likeness (QED) is 0.876. The number of nitrogens with zero attached hydrogens (tertiary/aromatic N) is 1. The lowest BCUT2D eigenvalue weighted by Gasteiger charge is -2.29. The number of nitrogens with two attached hydrogens (primary N) is 1. The lowest BCUT2D eigenvalue weighted by Crippen LogP contribution is -2.39. The first-order valence-corrected chi connectivity index (χ1v) is 8.72. The van der Waals surface area contributed by atoms with E-state index in [4.69, 9.17) is 5.73 Å². The molecule has 0 radical (unpaired) electrons. The summed E-state index contributed by atoms with van der Waals surface area (Å²) >= 11 is 3.45. The number of amides is 1. The van der Waals surface area contributed by atoms with E-state index in [-0.39, 0.29) is 5.91 Å². The molecule has 106 valence electrons. The van der Waals surface area contributed by atoms with Crippen molar-refractivity contribution in [3.05, 3.63) is 16.1 Å². The van der Waals surface area contributed by atoms with Crippen LogP contribution in [0.25, 0.3) is 0 Å². The molecular formula is C13H21N3OS2. The predicted molar refractivity (Wildman–Crippen MR) is 81.6 cm³/mol. The second-order valence-corrected chi connectivity index (χ2v) is 7.26. The fourth-order valence-corrected chi connectivity index (χ4v) is 4.26. The third-order valence-corrected chi connectivity index (χ3v) is 5.43. The molecule has 4 nitrogen and oxygen atoms in total. The van der Waals surface area contributed by atoms with Gasteiger partial charge in [0, 0.05) is 23.2 Å². The zero-order valence-corrected chi connectivity index (χ0v) is 12.9. The highest BCUT2D eigenvalue weighted by atomic mass is 32.2. The number of carbonyl (C=O) groups excluding carboxylic acids is 1. The molecule has 6 heteroatoms. The van der Waals surface area contributed by atoms with E-state index in [0.717, 1.165) is 23.6 Å². The third-order valence-electron chi connectivity index (χ3n) is 3.32. The van der Waals surface area contributed by atoms with Gasteiger partial charge in [-0.3, -0.25) is 4.79 Å². The molecule has 0 unspecified atom stereocenters. The molecule has 19 heavy (non-hydrogen) atoms. The zero-order valence-electron chi connectivity index (χ0n) is 11.2. The predicted octanol–water partition coefficient (Wildman–Crippen LogP) is 2.40. The molecule has 3 N–H and O–H groups in total. The van der Waals surface area contributed by atoms with Gasteiger partial charge in [0.05, 0.1) is 0 Å². The molecule has 0 aliphatic heterocycles. The van der Waals surface area contributed by atoms with Gasteiger partial charge in [0.2, 0.25) is 0 Å². The minimum absolute atomic E-state index is 0.0527. The summed E-state index contributed by atoms with van der Waals surface area (Å²) in [5.41, 5.74) is 6.02. The van der Waals surface area contributed by atoms with Crippen LogP contribution >= 0.6 is 23.1 Å². The van der Waals surface area contributed by atoms with Crippen LogP contribution in [-0.4, -0.2) is 27.9 Å². The van der Waals surface area contributed by atoms with Crippen molar-refractivity contribution in [3.8, 4) is 0 Å². The summed E-state index contributed by atoms with van der Waals surface area (Å²) < 4.78 is 0. The van der Waals surface area contributed by atoms with Gasteiger partial charge in [-0.2, -0.15) is 11.8 Å². The van der Waals surface area contributed by atoms with Crippen LogP contribution in [-0.2, 0) is 6.54 Å². The van der Waals surface area contributed by atoms with Crippen molar-refractivity contribution in [3.63, 3.8) is 0 Å². The number of carbonyl (C=O) groups is 1. The first-order chi connectivity index (χ1) is 9.22. The average molecular weight is 299 g/mol. The highest BCUT2D eigenvalue weighted by molar-refractivity contribution is 7.99. The molecule has 1 heterocycles. The van der Waals surface area contributed by atoms with Crippen LogP contribution in [0.5, 0.6) is 0 Å². The Kier molecular flexibility index (Phi) is 5.66. The summed E-state index contributed by atoms with van der Waals surface area (Å²) in [7, 11) is 0. The number of aromatic nitrogens is 1. The molecule has 1 amide bonds. The summed E-state index contributed by atoms with van der Waals surface area (Å²) in [5, 5.41) is 6.41. The normalized spacial score (nSPS) is 23.3. The highest BCUT2D eigenvalue weighted by Crippen LogP contribution is 2.28. The Morgan fingerprint density at radius 1 is 1.63 bits per heavy atom. The van der Waals surface area contributed by atoms with Gasteiger partial charge in [0.25, 0.3) is 5.91 Å². The Morgan fingerprint density at radius 2 is 2.47 bits per heavy atom. The van der Waals surface area contributed by atoms with Crippen molar-refractivity contribution in [1.82, 2.24) is 10.3 Å². The Labute approximate surface area is 122 Å². The molecule has 1 saturated carbocycles. The number of thioether (sulfide) groups is 1. The molecule has 0 aromatic carbocycles. The van der Waals surface area contributed by atoms with Gasteiger partial charge >= 0.3 is 0 Å². The fourth-order valence-electron chi connectivity index (χ4n) is 2.43. The first kappa shape index (κ1) is 14.8. The van der Waals surface area contributed by atoms with E-state index in [1.165, 1.54) is 24.2 Å². The highest BCUT2D eigenvalue weighted by Gasteiger charge is 2.24. The summed E-state index contributed by atoms with van der Waals surface area (Å²) in [5.74, 6) is 1.10. The molecule has 1 aromatic rings. The van der Waals surface area contributed by atoms with Gasteiger partial charge in [0.15, 0.2) is 0 Å². The molecule has 2 rings (SSSR count). The van der Waals surface area contributed by atoms with Gasteiger partial charge in [0.1, 0.15) is 10.7 Å². The van der Waals surface area contributed by atoms with E-state index in [9.17, 15) is 4.79 Å². The maximum absolute atomic E-state index is 12.1. The van der Waals surface area contributed by atoms with Crippen LogP contribution in [0.3, 0.4) is 0 Å². The SMILES string of the molecule is CCS[C@H]1CCC[C@H](NC(=O)c2csc(CN)n2)C1. The van der Waals surface area contributed by atoms with Gasteiger partial charge < -0.3 is 11.1 Å². The molecule has 1 aliphatic rings. The second kappa shape index (κ2) is 7.26. The number of hydrogen-bond donors (Lipinski definition) is 2. The lowest BCUT2D eigenvalue weighted by atomic mass is 9.95. The van der Waals surface area contributed by atoms with E-state index in [2.05, 4.69) is 17.2 Å². The van der Waals surface area contributed by atoms with Crippen LogP contribution in [0.15, 0.2) is 5.38 Å². The maximum Gasteiger partial charge on any atom is 0.270 e. The Morgan fingerprint density at radius 3 is 3.16 bits per heavy atom. The molecule has 1 aromatic heterocycles. The third kappa shape index (κ3) is 4.19. The molecule has 1 aliphatic carbocycles. The van der Waals surface area contributed by atoms with Crippen LogP contribution in [0.4, 0.5) is 0 Å². The van der Waals surface area contributed by atoms with Gasteiger partial charge in [-0.1, -0.05) is 13.3 Å². The molecule has 1 fully saturated rings. The molecular weight excluding hydrogens is 278 g/mol. The van der Waals surface area contributed by atoms with Crippen molar-refractivity contribution in [2.45, 2.75) is 50.4 Å². The Bertz CT molecular complexity index is 420. The van der Waals surface area contributed by atoms with E-state index in [1.807, 2.05) is 11.8 Å². The summed E-state index contributed by atoms with van der Waals surface area (Å²) in [6.45, 7) is 2.59. The summed E-state index contributed by atoms with van der Waals surface area (Å²) in [6.07, 6.45) is 4.64. The van der Waals surface area contributed by atoms with Crippen molar-refractivity contribution < 1.29 is 4.79 Å². The fraction of sp³-hybridized carbons (Fsp3) is 0.692. The summed E-state index contributed by atoms with van der Waals surface area (Å²) in [6, 6.07) is 0.299. The summed E-state index contributed by atoms with van der Waals surface area (Å²) in [4.78, 5) is 16.3. The van der Waals surface area contributed by atoms with Gasteiger partial charge in [-0.25, -0.2) is 4.98 Å². The van der Waals surface area contributed by atoms with Gasteiger partial charge in [-0.05, 0) is 25.0 Å². The minimum Gasteiger partial charge on any atom is -0.348 e. The standard InChI is InChI=1S/C13H21N3OS2/c1-2-18-10-5-3-4-9(6-10)15-13(17)11-8-19-12(7-14)16-11/h8-10H,2-7,14H2,1H3,(H,15,17)/t9-,10-/m0/s1. The topological polar surface area (TPSA) is 68.0 Å². The van der Waals surface area contributed by atoms with Crippen molar-refractivity contribution in [1.29, 1.82) is 0 Å². The zero-order chi connectivity index (χ0) is 13.7. The maximum atomic E-state index is 12.1. The van der Waals surface area contributed by atoms with Crippen LogP contribution in [0.2, 0.25) is 0 Å². The van der Waals surface area contributed by atoms with Crippen molar-refractivity contribution in [2.24, 2.45) is 5.73 Å². The number of nitrogens with one attached hydrogen (secondary N) is 1. The van der Waals surface area contributed by atoms with E-state index in [1.54, 1.807) is 5.38 Å². The van der Waals surface area contributed by atoms with Crippen LogP contribution in [0.1, 0.15) is 48.1 Å². The number of hydrogen-bond acceptors (Lipinski definition) is 5. The number of rotatable bonds is 5.